The van der Waals surface area contributed by atoms with Crippen LogP contribution in [-0.2, 0) is 27.3 Å². The third kappa shape index (κ3) is 6.20. The minimum Gasteiger partial charge on any atom is -0.456 e. The Bertz CT molecular complexity index is 1140. The largest absolute Gasteiger partial charge is 0.456 e. The number of thioether (sulfide) groups is 1. The molecule has 168 valence electrons. The van der Waals surface area contributed by atoms with Crippen LogP contribution in [0.3, 0.4) is 0 Å². The van der Waals surface area contributed by atoms with Crippen molar-refractivity contribution in [3.63, 3.8) is 0 Å². The van der Waals surface area contributed by atoms with Crippen LogP contribution in [0, 0.1) is 0 Å². The van der Waals surface area contributed by atoms with Gasteiger partial charge in [-0.05, 0) is 49.1 Å². The Morgan fingerprint density at radius 3 is 2.59 bits per heavy atom. The Hall–Kier alpha value is -3.13. The first-order valence-electron chi connectivity index (χ1n) is 10.6. The molecule has 0 fully saturated rings. The molecule has 3 aromatic rings. The Morgan fingerprint density at radius 2 is 1.88 bits per heavy atom. The van der Waals surface area contributed by atoms with Crippen molar-refractivity contribution < 1.29 is 14.3 Å². The molecule has 0 aliphatic rings. The molecule has 3 rings (SSSR count). The monoisotopic (exact) mass is 453 g/mol. The van der Waals surface area contributed by atoms with E-state index in [1.807, 2.05) is 42.7 Å². The maximum atomic E-state index is 12.9. The number of rotatable bonds is 10. The molecule has 2 aromatic carbocycles. The highest BCUT2D eigenvalue weighted by atomic mass is 32.2. The smallest absolute Gasteiger partial charge is 0.306 e. The number of ether oxygens (including phenoxy) is 1. The number of nitrogens with zero attached hydrogens (tertiary/aromatic N) is 2. The van der Waals surface area contributed by atoms with Crippen LogP contribution >= 0.6 is 11.8 Å². The van der Waals surface area contributed by atoms with Crippen LogP contribution in [0.1, 0.15) is 31.9 Å². The van der Waals surface area contributed by atoms with Crippen LogP contribution in [0.15, 0.2) is 58.2 Å². The zero-order valence-corrected chi connectivity index (χ0v) is 19.1. The normalized spacial score (nSPS) is 10.8. The molecule has 32 heavy (non-hydrogen) atoms. The topological polar surface area (TPSA) is 90.3 Å². The summed E-state index contributed by atoms with van der Waals surface area (Å²) in [5.74, 6) is -0.964. The van der Waals surface area contributed by atoms with E-state index in [4.69, 9.17) is 4.74 Å². The van der Waals surface area contributed by atoms with Gasteiger partial charge >= 0.3 is 5.97 Å². The summed E-state index contributed by atoms with van der Waals surface area (Å²) in [7, 11) is 0. The minimum absolute atomic E-state index is 0.0238. The fourth-order valence-electron chi connectivity index (χ4n) is 3.26. The average Bonchev–Trinajstić information content (AvgIpc) is 2.81. The molecule has 1 aromatic heterocycles. The molecular formula is C24H27N3O4S. The highest BCUT2D eigenvalue weighted by molar-refractivity contribution is 7.98. The molecule has 0 saturated carbocycles. The summed E-state index contributed by atoms with van der Waals surface area (Å²) >= 11 is 1.61. The Balaban J connectivity index is 1.57. The lowest BCUT2D eigenvalue weighted by Crippen LogP contribution is -2.27. The summed E-state index contributed by atoms with van der Waals surface area (Å²) < 4.78 is 6.80. The average molecular weight is 454 g/mol. The van der Waals surface area contributed by atoms with Gasteiger partial charge in [0.05, 0.1) is 17.5 Å². The Kier molecular flexibility index (Phi) is 8.44. The molecule has 8 heteroatoms. The molecule has 0 spiro atoms. The summed E-state index contributed by atoms with van der Waals surface area (Å²) in [4.78, 5) is 42.6. The number of hydrogen-bond donors (Lipinski definition) is 1. The zero-order valence-electron chi connectivity index (χ0n) is 18.3. The second kappa shape index (κ2) is 11.5. The number of aromatic nitrogens is 2. The number of carbonyl (C=O) groups is 2. The van der Waals surface area contributed by atoms with Gasteiger partial charge in [-0.15, -0.1) is 11.8 Å². The van der Waals surface area contributed by atoms with E-state index in [0.29, 0.717) is 17.9 Å². The quantitative estimate of drug-likeness (QED) is 0.368. The molecule has 0 bridgehead atoms. The van der Waals surface area contributed by atoms with Crippen LogP contribution < -0.4 is 10.9 Å². The van der Waals surface area contributed by atoms with Gasteiger partial charge in [0.15, 0.2) is 6.61 Å². The number of carbonyl (C=O) groups excluding carboxylic acids is 2. The number of para-hydroxylation sites is 2. The van der Waals surface area contributed by atoms with E-state index in [2.05, 4.69) is 17.2 Å². The van der Waals surface area contributed by atoms with Crippen molar-refractivity contribution in [2.45, 2.75) is 44.0 Å². The van der Waals surface area contributed by atoms with E-state index >= 15 is 0 Å². The number of benzene rings is 2. The van der Waals surface area contributed by atoms with Crippen molar-refractivity contribution in [2.24, 2.45) is 0 Å². The number of esters is 1. The van der Waals surface area contributed by atoms with Crippen LogP contribution in [-0.4, -0.2) is 34.3 Å². The van der Waals surface area contributed by atoms with Crippen LogP contribution in [0.4, 0.5) is 5.69 Å². The van der Waals surface area contributed by atoms with Gasteiger partial charge in [0, 0.05) is 23.5 Å². The number of unbranched alkanes of at least 4 members (excludes halogenated alkanes) is 1. The van der Waals surface area contributed by atoms with Gasteiger partial charge in [0.2, 0.25) is 0 Å². The van der Waals surface area contributed by atoms with E-state index in [9.17, 15) is 14.4 Å². The van der Waals surface area contributed by atoms with E-state index < -0.39 is 11.9 Å². The number of aryl methyl sites for hydroxylation is 2. The molecule has 0 aliphatic heterocycles. The van der Waals surface area contributed by atoms with E-state index in [1.165, 1.54) is 0 Å². The highest BCUT2D eigenvalue weighted by Crippen LogP contribution is 2.17. The van der Waals surface area contributed by atoms with Crippen LogP contribution in [0.2, 0.25) is 0 Å². The highest BCUT2D eigenvalue weighted by Gasteiger charge is 2.14. The van der Waals surface area contributed by atoms with E-state index in [1.54, 1.807) is 28.5 Å². The minimum atomic E-state index is -0.549. The van der Waals surface area contributed by atoms with Crippen molar-refractivity contribution in [1.29, 1.82) is 0 Å². The first kappa shape index (κ1) is 23.5. The third-order valence-electron chi connectivity index (χ3n) is 4.96. The summed E-state index contributed by atoms with van der Waals surface area (Å²) in [6, 6.07) is 14.9. The zero-order chi connectivity index (χ0) is 22.9. The van der Waals surface area contributed by atoms with Gasteiger partial charge < -0.3 is 14.6 Å². The van der Waals surface area contributed by atoms with Crippen molar-refractivity contribution in [2.75, 3.05) is 18.2 Å². The molecule has 1 N–H and O–H groups in total. The lowest BCUT2D eigenvalue weighted by molar-refractivity contribution is -0.147. The maximum Gasteiger partial charge on any atom is 0.306 e. The number of anilines is 1. The molecular weight excluding hydrogens is 426 g/mol. The third-order valence-corrected chi connectivity index (χ3v) is 5.70. The molecule has 0 atom stereocenters. The lowest BCUT2D eigenvalue weighted by Gasteiger charge is -2.12. The maximum absolute atomic E-state index is 12.9. The van der Waals surface area contributed by atoms with Crippen molar-refractivity contribution in [3.8, 4) is 0 Å². The summed E-state index contributed by atoms with van der Waals surface area (Å²) in [6.07, 6.45) is 3.95. The summed E-state index contributed by atoms with van der Waals surface area (Å²) in [6.45, 7) is 2.30. The standard InChI is InChI=1S/C24H27N3O4S/c1-3-4-15-27-21-8-6-5-7-19(21)26-20(24(27)30)13-14-23(29)31-16-22(28)25-17-9-11-18(32-2)12-10-17/h5-12H,3-4,13-16H2,1-2H3,(H,25,28). The summed E-state index contributed by atoms with van der Waals surface area (Å²) in [5.41, 5.74) is 2.29. The SMILES string of the molecule is CCCCn1c(=O)c(CCC(=O)OCC(=O)Nc2ccc(SC)cc2)nc2ccccc21. The molecule has 0 unspecified atom stereocenters. The number of hydrogen-bond acceptors (Lipinski definition) is 6. The first-order valence-corrected chi connectivity index (χ1v) is 11.8. The van der Waals surface area contributed by atoms with E-state index in [0.717, 1.165) is 28.8 Å². The van der Waals surface area contributed by atoms with Crippen molar-refractivity contribution in [3.05, 3.63) is 64.6 Å². The van der Waals surface area contributed by atoms with Gasteiger partial charge in [-0.25, -0.2) is 4.98 Å². The van der Waals surface area contributed by atoms with Gasteiger partial charge in [-0.2, -0.15) is 0 Å². The Morgan fingerprint density at radius 1 is 1.12 bits per heavy atom. The van der Waals surface area contributed by atoms with Crippen molar-refractivity contribution >= 4 is 40.4 Å². The van der Waals surface area contributed by atoms with Gasteiger partial charge in [0.1, 0.15) is 5.69 Å². The lowest BCUT2D eigenvalue weighted by atomic mass is 10.2. The van der Waals surface area contributed by atoms with Crippen LogP contribution in [0.5, 0.6) is 0 Å². The predicted molar refractivity (Wildman–Crippen MR) is 127 cm³/mol. The first-order chi connectivity index (χ1) is 15.5. The van der Waals surface area contributed by atoms with Gasteiger partial charge in [-0.3, -0.25) is 14.4 Å². The number of nitrogens with one attached hydrogen (secondary N) is 1. The van der Waals surface area contributed by atoms with E-state index in [-0.39, 0.29) is 25.0 Å². The second-order valence-electron chi connectivity index (χ2n) is 7.29. The molecule has 0 aliphatic carbocycles. The molecule has 1 heterocycles. The predicted octanol–water partition coefficient (Wildman–Crippen LogP) is 4.03. The Labute approximate surface area is 191 Å². The number of amides is 1. The molecule has 7 nitrogen and oxygen atoms in total. The second-order valence-corrected chi connectivity index (χ2v) is 8.17. The molecule has 0 radical (unpaired) electrons. The van der Waals surface area contributed by atoms with Crippen molar-refractivity contribution in [1.82, 2.24) is 9.55 Å². The fraction of sp³-hybridized carbons (Fsp3) is 0.333. The molecule has 1 amide bonds. The fourth-order valence-corrected chi connectivity index (χ4v) is 3.66. The summed E-state index contributed by atoms with van der Waals surface area (Å²) in [5, 5.41) is 2.69. The molecule has 0 saturated heterocycles. The number of fused-ring (bicyclic) bond motifs is 1. The van der Waals surface area contributed by atoms with Gasteiger partial charge in [0.25, 0.3) is 11.5 Å². The van der Waals surface area contributed by atoms with Gasteiger partial charge in [-0.1, -0.05) is 25.5 Å². The van der Waals surface area contributed by atoms with Crippen LogP contribution in [0.25, 0.3) is 11.0 Å².